The van der Waals surface area contributed by atoms with Crippen LogP contribution in [0.2, 0.25) is 0 Å². The number of amides is 2. The van der Waals surface area contributed by atoms with Gasteiger partial charge in [-0.15, -0.1) is 11.8 Å². The summed E-state index contributed by atoms with van der Waals surface area (Å²) < 4.78 is 10.1. The number of methoxy groups -OCH3 is 1. The van der Waals surface area contributed by atoms with Crippen LogP contribution in [0.15, 0.2) is 41.3 Å². The third kappa shape index (κ3) is 8.58. The molecule has 0 aliphatic heterocycles. The maximum absolute atomic E-state index is 12.4. The maximum Gasteiger partial charge on any atom is 0.339 e. The van der Waals surface area contributed by atoms with Gasteiger partial charge in [-0.25, -0.2) is 4.79 Å². The van der Waals surface area contributed by atoms with E-state index in [4.69, 9.17) is 9.47 Å². The van der Waals surface area contributed by atoms with Crippen molar-refractivity contribution in [2.75, 3.05) is 45.7 Å². The molecule has 0 aromatic heterocycles. The van der Waals surface area contributed by atoms with Crippen molar-refractivity contribution in [1.29, 1.82) is 0 Å². The molecule has 0 aliphatic rings. The van der Waals surface area contributed by atoms with Gasteiger partial charge in [0.1, 0.15) is 0 Å². The molecule has 28 heavy (non-hydrogen) atoms. The SMILES string of the molecule is C=C(C)CN(CC)C(=O)COC(=O)c1ccccc1SCC(=O)NCCOC. The second-order valence-corrected chi connectivity index (χ2v) is 7.09. The molecule has 0 heterocycles. The number of carbonyl (C=O) groups excluding carboxylic acids is 3. The Bertz CT molecular complexity index is 693. The van der Waals surface area contributed by atoms with Crippen LogP contribution in [0.3, 0.4) is 0 Å². The Morgan fingerprint density at radius 2 is 1.96 bits per heavy atom. The summed E-state index contributed by atoms with van der Waals surface area (Å²) in [6.07, 6.45) is 0. The molecule has 0 bridgehead atoms. The molecule has 0 atom stereocenters. The van der Waals surface area contributed by atoms with E-state index in [0.29, 0.717) is 36.7 Å². The molecule has 0 aliphatic carbocycles. The molecular weight excluding hydrogens is 380 g/mol. The molecule has 0 saturated heterocycles. The molecule has 0 spiro atoms. The van der Waals surface area contributed by atoms with Crippen molar-refractivity contribution in [1.82, 2.24) is 10.2 Å². The lowest BCUT2D eigenvalue weighted by Gasteiger charge is -2.20. The molecule has 7 nitrogen and oxygen atoms in total. The normalized spacial score (nSPS) is 10.2. The molecule has 0 unspecified atom stereocenters. The summed E-state index contributed by atoms with van der Waals surface area (Å²) in [5.74, 6) is -0.863. The monoisotopic (exact) mass is 408 g/mol. The van der Waals surface area contributed by atoms with Crippen LogP contribution < -0.4 is 5.32 Å². The van der Waals surface area contributed by atoms with Gasteiger partial charge in [0.05, 0.1) is 17.9 Å². The van der Waals surface area contributed by atoms with Crippen molar-refractivity contribution in [3.05, 3.63) is 42.0 Å². The predicted molar refractivity (Wildman–Crippen MR) is 109 cm³/mol. The van der Waals surface area contributed by atoms with Gasteiger partial charge >= 0.3 is 5.97 Å². The number of carbonyl (C=O) groups is 3. The van der Waals surface area contributed by atoms with E-state index in [-0.39, 0.29) is 24.2 Å². The molecule has 1 N–H and O–H groups in total. The number of nitrogens with one attached hydrogen (secondary N) is 1. The van der Waals surface area contributed by atoms with Crippen LogP contribution >= 0.6 is 11.8 Å². The number of esters is 1. The minimum atomic E-state index is -0.595. The summed E-state index contributed by atoms with van der Waals surface area (Å²) >= 11 is 1.23. The Hall–Kier alpha value is -2.32. The zero-order valence-electron chi connectivity index (χ0n) is 16.7. The standard InChI is InChI=1S/C20H28N2O5S/c1-5-22(12-15(2)3)19(24)13-27-20(25)16-8-6-7-9-17(16)28-14-18(23)21-10-11-26-4/h6-9H,2,5,10-14H2,1,3-4H3,(H,21,23). The average molecular weight is 409 g/mol. The van der Waals surface area contributed by atoms with Crippen molar-refractivity contribution in [2.45, 2.75) is 18.7 Å². The molecule has 0 fully saturated rings. The first-order chi connectivity index (χ1) is 13.4. The Labute approximate surface area is 170 Å². The highest BCUT2D eigenvalue weighted by Crippen LogP contribution is 2.23. The van der Waals surface area contributed by atoms with E-state index in [9.17, 15) is 14.4 Å². The van der Waals surface area contributed by atoms with Crippen LogP contribution in [-0.2, 0) is 19.1 Å². The number of rotatable bonds is 12. The molecule has 2 amide bonds. The highest BCUT2D eigenvalue weighted by atomic mass is 32.2. The topological polar surface area (TPSA) is 84.9 Å². The highest BCUT2D eigenvalue weighted by Gasteiger charge is 2.18. The van der Waals surface area contributed by atoms with Crippen molar-refractivity contribution < 1.29 is 23.9 Å². The van der Waals surface area contributed by atoms with Crippen LogP contribution in [0.4, 0.5) is 0 Å². The first kappa shape index (κ1) is 23.7. The maximum atomic E-state index is 12.4. The van der Waals surface area contributed by atoms with E-state index in [1.165, 1.54) is 11.8 Å². The zero-order chi connectivity index (χ0) is 20.9. The molecule has 154 valence electrons. The van der Waals surface area contributed by atoms with Crippen LogP contribution in [0.1, 0.15) is 24.2 Å². The third-order valence-corrected chi connectivity index (χ3v) is 4.69. The van der Waals surface area contributed by atoms with Crippen molar-refractivity contribution in [3.63, 3.8) is 0 Å². The lowest BCUT2D eigenvalue weighted by atomic mass is 10.2. The minimum absolute atomic E-state index is 0.154. The van der Waals surface area contributed by atoms with Gasteiger partial charge in [0.2, 0.25) is 5.91 Å². The smallest absolute Gasteiger partial charge is 0.339 e. The molecule has 8 heteroatoms. The van der Waals surface area contributed by atoms with Gasteiger partial charge < -0.3 is 19.7 Å². The van der Waals surface area contributed by atoms with Crippen LogP contribution in [0.5, 0.6) is 0 Å². The second kappa shape index (κ2) is 13.0. The fraction of sp³-hybridized carbons (Fsp3) is 0.450. The average Bonchev–Trinajstić information content (AvgIpc) is 2.68. The number of thioether (sulfide) groups is 1. The van der Waals surface area contributed by atoms with Gasteiger partial charge in [0.25, 0.3) is 5.91 Å². The number of nitrogens with zero attached hydrogens (tertiary/aromatic N) is 1. The number of likely N-dealkylation sites (N-methyl/N-ethyl adjacent to an activating group) is 1. The second-order valence-electron chi connectivity index (χ2n) is 6.07. The van der Waals surface area contributed by atoms with Crippen molar-refractivity contribution in [3.8, 4) is 0 Å². The lowest BCUT2D eigenvalue weighted by Crippen LogP contribution is -2.35. The number of benzene rings is 1. The van der Waals surface area contributed by atoms with Crippen LogP contribution in [0, 0.1) is 0 Å². The summed E-state index contributed by atoms with van der Waals surface area (Å²) in [4.78, 5) is 38.6. The van der Waals surface area contributed by atoms with Gasteiger partial charge in [-0.05, 0) is 26.0 Å². The molecule has 0 saturated carbocycles. The molecule has 1 aromatic rings. The van der Waals surface area contributed by atoms with Crippen LogP contribution in [0.25, 0.3) is 0 Å². The van der Waals surface area contributed by atoms with Gasteiger partial charge in [0.15, 0.2) is 6.61 Å². The van der Waals surface area contributed by atoms with E-state index < -0.39 is 5.97 Å². The quantitative estimate of drug-likeness (QED) is 0.247. The molecule has 1 rings (SSSR count). The Kier molecular flexibility index (Phi) is 11.0. The predicted octanol–water partition coefficient (Wildman–Crippen LogP) is 2.12. The third-order valence-electron chi connectivity index (χ3n) is 3.62. The van der Waals surface area contributed by atoms with Crippen molar-refractivity contribution >= 4 is 29.5 Å². The Morgan fingerprint density at radius 3 is 2.61 bits per heavy atom. The minimum Gasteiger partial charge on any atom is -0.452 e. The lowest BCUT2D eigenvalue weighted by molar-refractivity contribution is -0.133. The van der Waals surface area contributed by atoms with Gasteiger partial charge in [0, 0.05) is 31.6 Å². The van der Waals surface area contributed by atoms with Gasteiger partial charge in [-0.2, -0.15) is 0 Å². The summed E-state index contributed by atoms with van der Waals surface area (Å²) in [7, 11) is 1.56. The fourth-order valence-electron chi connectivity index (χ4n) is 2.25. The van der Waals surface area contributed by atoms with Crippen LogP contribution in [-0.4, -0.2) is 68.4 Å². The first-order valence-corrected chi connectivity index (χ1v) is 9.94. The Morgan fingerprint density at radius 1 is 1.25 bits per heavy atom. The molecule has 0 radical (unpaired) electrons. The van der Waals surface area contributed by atoms with Crippen molar-refractivity contribution in [2.24, 2.45) is 0 Å². The zero-order valence-corrected chi connectivity index (χ0v) is 17.5. The van der Waals surface area contributed by atoms with Gasteiger partial charge in [-0.1, -0.05) is 24.3 Å². The van der Waals surface area contributed by atoms with E-state index in [0.717, 1.165) is 5.57 Å². The number of hydrogen-bond donors (Lipinski definition) is 1. The van der Waals surface area contributed by atoms with Gasteiger partial charge in [-0.3, -0.25) is 9.59 Å². The molecule has 1 aromatic carbocycles. The summed E-state index contributed by atoms with van der Waals surface area (Å²) in [6.45, 7) is 8.95. The van der Waals surface area contributed by atoms with E-state index in [1.807, 2.05) is 13.8 Å². The fourth-order valence-corrected chi connectivity index (χ4v) is 3.12. The number of hydrogen-bond acceptors (Lipinski definition) is 6. The van der Waals surface area contributed by atoms with E-state index in [1.54, 1.807) is 36.3 Å². The largest absolute Gasteiger partial charge is 0.452 e. The summed E-state index contributed by atoms with van der Waals surface area (Å²) in [5.41, 5.74) is 1.18. The van der Waals surface area contributed by atoms with E-state index in [2.05, 4.69) is 11.9 Å². The Balaban J connectivity index is 2.62. The summed E-state index contributed by atoms with van der Waals surface area (Å²) in [5, 5.41) is 2.72. The first-order valence-electron chi connectivity index (χ1n) is 8.95. The highest BCUT2D eigenvalue weighted by molar-refractivity contribution is 8.00. The number of ether oxygens (including phenoxy) is 2. The van der Waals surface area contributed by atoms with E-state index >= 15 is 0 Å². The molecular formula is C20H28N2O5S. The summed E-state index contributed by atoms with van der Waals surface area (Å²) in [6, 6.07) is 6.84.